The highest BCUT2D eigenvalue weighted by Crippen LogP contribution is 2.32. The molecule has 1 aromatic carbocycles. The number of nitrogens with one attached hydrogen (secondary N) is 2. The fourth-order valence-corrected chi connectivity index (χ4v) is 2.49. The lowest BCUT2D eigenvalue weighted by atomic mass is 10.1. The van der Waals surface area contributed by atoms with Gasteiger partial charge in [-0.1, -0.05) is 37.0 Å². The van der Waals surface area contributed by atoms with Crippen molar-refractivity contribution in [2.75, 3.05) is 17.2 Å². The van der Waals surface area contributed by atoms with Gasteiger partial charge < -0.3 is 15.7 Å². The summed E-state index contributed by atoms with van der Waals surface area (Å²) in [5, 5.41) is 15.4. The van der Waals surface area contributed by atoms with Crippen LogP contribution in [0.4, 0.5) is 30.6 Å². The molecule has 0 spiro atoms. The Hall–Kier alpha value is -1.77. The standard InChI is InChI=1S/C16H17Cl2F3N4O/c1-8(2)12(7-26)23-15-24-13(16(19,20)21)6-14(25-15)22-11-4-3-9(17)5-10(11)18/h3-6,8,12,26H,7H2,1-2H3,(H2,22,23,24,25)/t12-/m0/s1. The molecule has 0 fully saturated rings. The lowest BCUT2D eigenvalue weighted by Crippen LogP contribution is -2.30. The third-order valence-electron chi connectivity index (χ3n) is 3.53. The van der Waals surface area contributed by atoms with Gasteiger partial charge in [0, 0.05) is 11.1 Å². The van der Waals surface area contributed by atoms with Gasteiger partial charge >= 0.3 is 6.18 Å². The zero-order valence-corrected chi connectivity index (χ0v) is 15.4. The first-order valence-corrected chi connectivity index (χ1v) is 8.41. The number of rotatable bonds is 6. The number of nitrogens with zero attached hydrogens (tertiary/aromatic N) is 2. The molecule has 0 unspecified atom stereocenters. The van der Waals surface area contributed by atoms with Crippen molar-refractivity contribution in [3.63, 3.8) is 0 Å². The molecule has 1 heterocycles. The summed E-state index contributed by atoms with van der Waals surface area (Å²) >= 11 is 11.8. The topological polar surface area (TPSA) is 70.1 Å². The van der Waals surface area contributed by atoms with Crippen molar-refractivity contribution >= 4 is 40.7 Å². The fourth-order valence-electron chi connectivity index (χ4n) is 2.04. The fraction of sp³-hybridized carbons (Fsp3) is 0.375. The number of aromatic nitrogens is 2. The average molecular weight is 409 g/mol. The number of aliphatic hydroxyl groups excluding tert-OH is 1. The highest BCUT2D eigenvalue weighted by molar-refractivity contribution is 6.36. The maximum absolute atomic E-state index is 13.2. The van der Waals surface area contributed by atoms with Crippen LogP contribution in [0.3, 0.4) is 0 Å². The Kier molecular flexibility index (Phi) is 6.54. The van der Waals surface area contributed by atoms with Crippen molar-refractivity contribution in [3.8, 4) is 0 Å². The number of hydrogen-bond donors (Lipinski definition) is 3. The number of alkyl halides is 3. The Morgan fingerprint density at radius 3 is 2.38 bits per heavy atom. The van der Waals surface area contributed by atoms with Crippen LogP contribution >= 0.6 is 23.2 Å². The second-order valence-corrected chi connectivity index (χ2v) is 6.73. The molecule has 0 saturated carbocycles. The third kappa shape index (κ3) is 5.36. The number of benzene rings is 1. The van der Waals surface area contributed by atoms with E-state index in [1.807, 2.05) is 13.8 Å². The summed E-state index contributed by atoms with van der Waals surface area (Å²) < 4.78 is 39.5. The largest absolute Gasteiger partial charge is 0.433 e. The van der Waals surface area contributed by atoms with Gasteiger partial charge in [-0.05, 0) is 24.1 Å². The maximum Gasteiger partial charge on any atom is 0.433 e. The van der Waals surface area contributed by atoms with E-state index in [2.05, 4.69) is 20.6 Å². The van der Waals surface area contributed by atoms with Crippen LogP contribution in [0.25, 0.3) is 0 Å². The highest BCUT2D eigenvalue weighted by Gasteiger charge is 2.34. The number of anilines is 3. The van der Waals surface area contributed by atoms with Crippen LogP contribution in [0.2, 0.25) is 10.0 Å². The molecule has 2 aromatic rings. The highest BCUT2D eigenvalue weighted by atomic mass is 35.5. The number of hydrogen-bond acceptors (Lipinski definition) is 5. The molecular weight excluding hydrogens is 392 g/mol. The number of aliphatic hydroxyl groups is 1. The molecule has 0 bridgehead atoms. The van der Waals surface area contributed by atoms with E-state index in [1.165, 1.54) is 12.1 Å². The predicted octanol–water partition coefficient (Wildman–Crippen LogP) is 4.97. The van der Waals surface area contributed by atoms with E-state index >= 15 is 0 Å². The van der Waals surface area contributed by atoms with Gasteiger partial charge in [0.1, 0.15) is 5.82 Å². The van der Waals surface area contributed by atoms with Gasteiger partial charge in [-0.25, -0.2) is 4.98 Å². The SMILES string of the molecule is CC(C)[C@H](CO)Nc1nc(Nc2ccc(Cl)cc2Cl)cc(C(F)(F)F)n1. The van der Waals surface area contributed by atoms with Gasteiger partial charge in [-0.15, -0.1) is 0 Å². The van der Waals surface area contributed by atoms with Crippen LogP contribution < -0.4 is 10.6 Å². The summed E-state index contributed by atoms with van der Waals surface area (Å²) in [4.78, 5) is 7.54. The van der Waals surface area contributed by atoms with Gasteiger partial charge in [0.05, 0.1) is 23.4 Å². The molecule has 1 aromatic heterocycles. The molecule has 3 N–H and O–H groups in total. The molecule has 0 saturated heterocycles. The van der Waals surface area contributed by atoms with Crippen molar-refractivity contribution in [2.24, 2.45) is 5.92 Å². The first-order chi connectivity index (χ1) is 12.1. The Morgan fingerprint density at radius 2 is 1.85 bits per heavy atom. The zero-order chi connectivity index (χ0) is 19.5. The Balaban J connectivity index is 2.39. The molecule has 142 valence electrons. The van der Waals surface area contributed by atoms with Crippen molar-refractivity contribution < 1.29 is 18.3 Å². The average Bonchev–Trinajstić information content (AvgIpc) is 2.54. The summed E-state index contributed by atoms with van der Waals surface area (Å²) in [5.74, 6) is -0.389. The molecule has 26 heavy (non-hydrogen) atoms. The molecule has 0 amide bonds. The van der Waals surface area contributed by atoms with Crippen LogP contribution in [0.15, 0.2) is 24.3 Å². The minimum atomic E-state index is -4.66. The Morgan fingerprint density at radius 1 is 1.15 bits per heavy atom. The lowest BCUT2D eigenvalue weighted by molar-refractivity contribution is -0.141. The lowest BCUT2D eigenvalue weighted by Gasteiger charge is -2.21. The van der Waals surface area contributed by atoms with Crippen molar-refractivity contribution in [1.82, 2.24) is 9.97 Å². The molecular formula is C16H17Cl2F3N4O. The summed E-state index contributed by atoms with van der Waals surface area (Å²) in [5.41, 5.74) is -0.778. The smallest absolute Gasteiger partial charge is 0.394 e. The van der Waals surface area contributed by atoms with Crippen LogP contribution in [0, 0.1) is 5.92 Å². The molecule has 0 aliphatic carbocycles. The van der Waals surface area contributed by atoms with Crippen molar-refractivity contribution in [1.29, 1.82) is 0 Å². The van der Waals surface area contributed by atoms with Gasteiger partial charge in [-0.2, -0.15) is 18.2 Å². The molecule has 0 aliphatic rings. The van der Waals surface area contributed by atoms with E-state index < -0.39 is 17.9 Å². The van der Waals surface area contributed by atoms with E-state index in [-0.39, 0.29) is 29.3 Å². The molecule has 2 rings (SSSR count). The van der Waals surface area contributed by atoms with Crippen LogP contribution in [-0.2, 0) is 6.18 Å². The van der Waals surface area contributed by atoms with Crippen LogP contribution in [0.5, 0.6) is 0 Å². The molecule has 0 radical (unpaired) electrons. The second kappa shape index (κ2) is 8.28. The van der Waals surface area contributed by atoms with Crippen molar-refractivity contribution in [3.05, 3.63) is 40.0 Å². The summed E-state index contributed by atoms with van der Waals surface area (Å²) in [6.45, 7) is 3.35. The molecule has 10 heteroatoms. The van der Waals surface area contributed by atoms with Gasteiger partial charge in [0.15, 0.2) is 5.69 Å². The van der Waals surface area contributed by atoms with Crippen LogP contribution in [0.1, 0.15) is 19.5 Å². The maximum atomic E-state index is 13.2. The minimum Gasteiger partial charge on any atom is -0.394 e. The van der Waals surface area contributed by atoms with E-state index in [0.717, 1.165) is 6.07 Å². The first-order valence-electron chi connectivity index (χ1n) is 7.66. The normalized spacial score (nSPS) is 13.0. The monoisotopic (exact) mass is 408 g/mol. The van der Waals surface area contributed by atoms with Crippen molar-refractivity contribution in [2.45, 2.75) is 26.1 Å². The van der Waals surface area contributed by atoms with E-state index in [0.29, 0.717) is 10.7 Å². The molecule has 5 nitrogen and oxygen atoms in total. The van der Waals surface area contributed by atoms with E-state index in [1.54, 1.807) is 6.07 Å². The zero-order valence-electron chi connectivity index (χ0n) is 13.9. The third-order valence-corrected chi connectivity index (χ3v) is 4.07. The van der Waals surface area contributed by atoms with Gasteiger partial charge in [0.2, 0.25) is 5.95 Å². The summed E-state index contributed by atoms with van der Waals surface area (Å²) in [7, 11) is 0. The summed E-state index contributed by atoms with van der Waals surface area (Å²) in [6.07, 6.45) is -4.66. The first kappa shape index (κ1) is 20.5. The molecule has 0 aliphatic heterocycles. The summed E-state index contributed by atoms with van der Waals surface area (Å²) in [6, 6.07) is 4.81. The van der Waals surface area contributed by atoms with Gasteiger partial charge in [0.25, 0.3) is 0 Å². The van der Waals surface area contributed by atoms with E-state index in [4.69, 9.17) is 23.2 Å². The number of halogens is 5. The minimum absolute atomic E-state index is 0.0414. The van der Waals surface area contributed by atoms with E-state index in [9.17, 15) is 18.3 Å². The quantitative estimate of drug-likeness (QED) is 0.628. The second-order valence-electron chi connectivity index (χ2n) is 5.89. The Bertz CT molecular complexity index is 772. The van der Waals surface area contributed by atoms with Crippen LogP contribution in [-0.4, -0.2) is 27.7 Å². The predicted molar refractivity (Wildman–Crippen MR) is 96.1 cm³/mol. The Labute approximate surface area is 158 Å². The molecule has 1 atom stereocenters. The van der Waals surface area contributed by atoms with Gasteiger partial charge in [-0.3, -0.25) is 0 Å².